The highest BCUT2D eigenvalue weighted by molar-refractivity contribution is 6.30. The second-order valence-corrected chi connectivity index (χ2v) is 10.1. The van der Waals surface area contributed by atoms with Gasteiger partial charge in [0.2, 0.25) is 5.91 Å². The molecule has 1 spiro atoms. The van der Waals surface area contributed by atoms with Gasteiger partial charge in [0.1, 0.15) is 17.5 Å². The largest absolute Gasteiger partial charge is 0.497 e. The lowest BCUT2D eigenvalue weighted by Gasteiger charge is -2.44. The number of carbonyl (C=O) groups excluding carboxylic acids is 3. The zero-order valence-electron chi connectivity index (χ0n) is 21.6. The number of piperidine rings is 1. The van der Waals surface area contributed by atoms with Crippen molar-refractivity contribution < 1.29 is 23.9 Å². The van der Waals surface area contributed by atoms with Crippen molar-refractivity contribution in [2.24, 2.45) is 0 Å². The predicted octanol–water partition coefficient (Wildman–Crippen LogP) is 4.14. The molecule has 0 unspecified atom stereocenters. The lowest BCUT2D eigenvalue weighted by Crippen LogP contribution is -2.59. The molecule has 0 radical (unpaired) electrons. The maximum absolute atomic E-state index is 13.9. The Kier molecular flexibility index (Phi) is 7.86. The number of ether oxygens (including phenoxy) is 2. The van der Waals surface area contributed by atoms with Crippen LogP contribution in [0.3, 0.4) is 0 Å². The van der Waals surface area contributed by atoms with Crippen LogP contribution >= 0.6 is 11.6 Å². The number of nitrogens with zero attached hydrogens (tertiary/aromatic N) is 2. The summed E-state index contributed by atoms with van der Waals surface area (Å²) in [7, 11) is 1.56. The zero-order chi connectivity index (χ0) is 27.4. The molecule has 1 atom stereocenters. The van der Waals surface area contributed by atoms with Gasteiger partial charge in [-0.1, -0.05) is 48.0 Å². The second kappa shape index (κ2) is 11.5. The van der Waals surface area contributed by atoms with E-state index in [1.165, 1.54) is 0 Å². The van der Waals surface area contributed by atoms with E-state index < -0.39 is 11.8 Å². The maximum atomic E-state index is 13.9. The second-order valence-electron chi connectivity index (χ2n) is 9.68. The molecule has 0 saturated carbocycles. The monoisotopic (exact) mass is 547 g/mol. The molecule has 0 bridgehead atoms. The van der Waals surface area contributed by atoms with Crippen LogP contribution in [0.2, 0.25) is 5.02 Å². The van der Waals surface area contributed by atoms with E-state index in [9.17, 15) is 14.4 Å². The first-order valence-corrected chi connectivity index (χ1v) is 13.3. The standard InChI is InChI=1S/C30H30ClN3O5/c1-38-25-12-10-22(11-13-25)29(37)34-26(27(35)32-19-21-6-3-2-4-7-21)20-39-30(34)14-16-33(17-15-30)28(36)23-8-5-9-24(31)18-23/h2-13,18,26H,14-17,19-20H2,1H3,(H,32,35)/t26-/m0/s1. The highest BCUT2D eigenvalue weighted by Crippen LogP contribution is 2.39. The molecule has 1 N–H and O–H groups in total. The molecule has 9 heteroatoms. The van der Waals surface area contributed by atoms with Crippen molar-refractivity contribution in [1.29, 1.82) is 0 Å². The van der Waals surface area contributed by atoms with E-state index in [1.54, 1.807) is 65.4 Å². The van der Waals surface area contributed by atoms with Gasteiger partial charge in [-0.25, -0.2) is 0 Å². The number of methoxy groups -OCH3 is 1. The van der Waals surface area contributed by atoms with E-state index >= 15 is 0 Å². The Labute approximate surface area is 232 Å². The van der Waals surface area contributed by atoms with E-state index in [4.69, 9.17) is 21.1 Å². The van der Waals surface area contributed by atoms with Gasteiger partial charge in [0, 0.05) is 48.6 Å². The molecule has 2 saturated heterocycles. The molecule has 202 valence electrons. The minimum Gasteiger partial charge on any atom is -0.497 e. The first kappa shape index (κ1) is 26.7. The molecule has 8 nitrogen and oxygen atoms in total. The number of amides is 3. The van der Waals surface area contributed by atoms with Crippen LogP contribution in [0.25, 0.3) is 0 Å². The quantitative estimate of drug-likeness (QED) is 0.501. The van der Waals surface area contributed by atoms with Crippen LogP contribution in [0.5, 0.6) is 5.75 Å². The first-order valence-electron chi connectivity index (χ1n) is 12.9. The van der Waals surface area contributed by atoms with Crippen molar-refractivity contribution in [3.05, 3.63) is 101 Å². The molecule has 2 aliphatic heterocycles. The number of hydrogen-bond donors (Lipinski definition) is 1. The normalized spacial score (nSPS) is 18.2. The Balaban J connectivity index is 1.36. The Morgan fingerprint density at radius 3 is 2.33 bits per heavy atom. The first-order chi connectivity index (χ1) is 18.9. The summed E-state index contributed by atoms with van der Waals surface area (Å²) < 4.78 is 11.5. The Morgan fingerprint density at radius 2 is 1.67 bits per heavy atom. The van der Waals surface area contributed by atoms with Gasteiger partial charge in [0.15, 0.2) is 0 Å². The van der Waals surface area contributed by atoms with Gasteiger partial charge in [0.05, 0.1) is 13.7 Å². The SMILES string of the molecule is COc1ccc(C(=O)N2[C@H](C(=O)NCc3ccccc3)COC23CCN(C(=O)c2cccc(Cl)c2)CC3)cc1. The number of hydrogen-bond acceptors (Lipinski definition) is 5. The number of likely N-dealkylation sites (tertiary alicyclic amines) is 1. The minimum absolute atomic E-state index is 0.0742. The fourth-order valence-corrected chi connectivity index (χ4v) is 5.40. The van der Waals surface area contributed by atoms with Crippen LogP contribution in [-0.2, 0) is 16.1 Å². The highest BCUT2D eigenvalue weighted by Gasteiger charge is 2.54. The van der Waals surface area contributed by atoms with Crippen LogP contribution < -0.4 is 10.1 Å². The number of rotatable bonds is 6. The molecule has 39 heavy (non-hydrogen) atoms. The molecule has 3 aromatic carbocycles. The summed E-state index contributed by atoms with van der Waals surface area (Å²) in [5, 5.41) is 3.46. The van der Waals surface area contributed by atoms with Crippen molar-refractivity contribution in [3.63, 3.8) is 0 Å². The Morgan fingerprint density at radius 1 is 0.949 bits per heavy atom. The summed E-state index contributed by atoms with van der Waals surface area (Å²) in [5.74, 6) is -0.0842. The number of benzene rings is 3. The van der Waals surface area contributed by atoms with Gasteiger partial charge in [-0.2, -0.15) is 0 Å². The van der Waals surface area contributed by atoms with Gasteiger partial charge >= 0.3 is 0 Å². The molecule has 3 amide bonds. The molecule has 0 aromatic heterocycles. The van der Waals surface area contributed by atoms with E-state index in [-0.39, 0.29) is 24.3 Å². The molecule has 2 fully saturated rings. The smallest absolute Gasteiger partial charge is 0.256 e. The lowest BCUT2D eigenvalue weighted by atomic mass is 9.96. The van der Waals surface area contributed by atoms with Crippen molar-refractivity contribution in [2.75, 3.05) is 26.8 Å². The molecule has 5 rings (SSSR count). The predicted molar refractivity (Wildman–Crippen MR) is 147 cm³/mol. The highest BCUT2D eigenvalue weighted by atomic mass is 35.5. The van der Waals surface area contributed by atoms with Crippen LogP contribution in [0, 0.1) is 0 Å². The fourth-order valence-electron chi connectivity index (χ4n) is 5.21. The topological polar surface area (TPSA) is 88.2 Å². The van der Waals surface area contributed by atoms with Crippen molar-refractivity contribution >= 4 is 29.3 Å². The summed E-state index contributed by atoms with van der Waals surface area (Å²) in [6.45, 7) is 1.16. The Bertz CT molecular complexity index is 1340. The maximum Gasteiger partial charge on any atom is 0.256 e. The average Bonchev–Trinajstić information content (AvgIpc) is 3.34. The van der Waals surface area contributed by atoms with E-state index in [0.29, 0.717) is 54.4 Å². The minimum atomic E-state index is -1.00. The van der Waals surface area contributed by atoms with Gasteiger partial charge in [0.25, 0.3) is 11.8 Å². The van der Waals surface area contributed by atoms with Gasteiger partial charge < -0.3 is 19.7 Å². The third kappa shape index (κ3) is 5.62. The number of nitrogens with one attached hydrogen (secondary N) is 1. The van der Waals surface area contributed by atoms with Crippen LogP contribution in [-0.4, -0.2) is 66.1 Å². The molecular weight excluding hydrogens is 518 g/mol. The average molecular weight is 548 g/mol. The number of halogens is 1. The van der Waals surface area contributed by atoms with Crippen LogP contribution in [0.15, 0.2) is 78.9 Å². The summed E-state index contributed by atoms with van der Waals surface area (Å²) in [5.41, 5.74) is 0.895. The van der Waals surface area contributed by atoms with Gasteiger partial charge in [-0.15, -0.1) is 0 Å². The molecule has 2 heterocycles. The molecule has 2 aliphatic rings. The van der Waals surface area contributed by atoms with Gasteiger partial charge in [-0.05, 0) is 48.0 Å². The van der Waals surface area contributed by atoms with Crippen molar-refractivity contribution in [1.82, 2.24) is 15.1 Å². The summed E-state index contributed by atoms with van der Waals surface area (Å²) in [6.07, 6.45) is 0.757. The Hall–Kier alpha value is -3.88. The van der Waals surface area contributed by atoms with Crippen LogP contribution in [0.4, 0.5) is 0 Å². The molecular formula is C30H30ClN3O5. The lowest BCUT2D eigenvalue weighted by molar-refractivity contribution is -0.128. The fraction of sp³-hybridized carbons (Fsp3) is 0.300. The van der Waals surface area contributed by atoms with Crippen molar-refractivity contribution in [2.45, 2.75) is 31.2 Å². The zero-order valence-corrected chi connectivity index (χ0v) is 22.4. The van der Waals surface area contributed by atoms with Gasteiger partial charge in [-0.3, -0.25) is 19.3 Å². The van der Waals surface area contributed by atoms with E-state index in [1.807, 2.05) is 30.3 Å². The summed E-state index contributed by atoms with van der Waals surface area (Å²) >= 11 is 6.09. The van der Waals surface area contributed by atoms with Crippen LogP contribution in [0.1, 0.15) is 39.1 Å². The van der Waals surface area contributed by atoms with E-state index in [0.717, 1.165) is 5.56 Å². The molecule has 0 aliphatic carbocycles. The number of carbonyl (C=O) groups is 3. The van der Waals surface area contributed by atoms with E-state index in [2.05, 4.69) is 5.32 Å². The third-order valence-corrected chi connectivity index (χ3v) is 7.57. The molecule has 3 aromatic rings. The summed E-state index contributed by atoms with van der Waals surface area (Å²) in [6, 6.07) is 22.4. The summed E-state index contributed by atoms with van der Waals surface area (Å²) in [4.78, 5) is 43.7. The van der Waals surface area contributed by atoms with Crippen molar-refractivity contribution in [3.8, 4) is 5.75 Å². The third-order valence-electron chi connectivity index (χ3n) is 7.33.